The first-order valence-electron chi connectivity index (χ1n) is 11.2. The van der Waals surface area contributed by atoms with Crippen LogP contribution in [0.2, 0.25) is 0 Å². The van der Waals surface area contributed by atoms with Gasteiger partial charge in [0, 0.05) is 44.4 Å². The fourth-order valence-electron chi connectivity index (χ4n) is 4.23. The molecular weight excluding hydrogens is 386 g/mol. The smallest absolute Gasteiger partial charge is 0.141 e. The Morgan fingerprint density at radius 2 is 1.97 bits per heavy atom. The Balaban J connectivity index is 0.000000339. The first kappa shape index (κ1) is 23.4. The monoisotopic (exact) mass is 421 g/mol. The molecule has 4 heterocycles. The first-order valence-corrected chi connectivity index (χ1v) is 11.2. The van der Waals surface area contributed by atoms with E-state index in [9.17, 15) is 5.11 Å². The zero-order chi connectivity index (χ0) is 21.9. The summed E-state index contributed by atoms with van der Waals surface area (Å²) < 4.78 is 4.80. The lowest BCUT2D eigenvalue weighted by Crippen LogP contribution is -2.58. The number of hydrogen-bond donors (Lipinski definition) is 2. The second kappa shape index (κ2) is 12.0. The molecule has 1 unspecified atom stereocenters. The van der Waals surface area contributed by atoms with Crippen molar-refractivity contribution in [3.63, 3.8) is 0 Å². The number of methoxy groups -OCH3 is 1. The second-order valence-corrected chi connectivity index (χ2v) is 8.33. The van der Waals surface area contributed by atoms with E-state index in [4.69, 9.17) is 4.74 Å². The number of benzene rings is 1. The summed E-state index contributed by atoms with van der Waals surface area (Å²) in [5.74, 6) is 6.74. The van der Waals surface area contributed by atoms with Crippen molar-refractivity contribution >= 4 is 0 Å². The minimum atomic E-state index is -0.865. The van der Waals surface area contributed by atoms with Crippen LogP contribution in [-0.4, -0.2) is 67.5 Å². The zero-order valence-corrected chi connectivity index (χ0v) is 18.8. The number of ether oxygens (including phenoxy) is 1. The highest BCUT2D eigenvalue weighted by Crippen LogP contribution is 2.35. The molecule has 0 spiro atoms. The lowest BCUT2D eigenvalue weighted by atomic mass is 9.75. The highest BCUT2D eigenvalue weighted by Gasteiger charge is 2.44. The summed E-state index contributed by atoms with van der Waals surface area (Å²) in [7, 11) is 3.66. The minimum absolute atomic E-state index is 0.309. The Kier molecular flexibility index (Phi) is 9.05. The lowest BCUT2D eigenvalue weighted by Gasteiger charge is -2.47. The van der Waals surface area contributed by atoms with Gasteiger partial charge < -0.3 is 15.2 Å². The predicted octanol–water partition coefficient (Wildman–Crippen LogP) is 2.72. The van der Waals surface area contributed by atoms with Crippen LogP contribution in [0.5, 0.6) is 0 Å². The number of nitrogens with zero attached hydrogens (tertiary/aromatic N) is 2. The molecule has 5 nitrogen and oxygen atoms in total. The number of fused-ring (bicyclic) bond motifs is 3. The van der Waals surface area contributed by atoms with Crippen molar-refractivity contribution in [1.29, 1.82) is 0 Å². The predicted molar refractivity (Wildman–Crippen MR) is 125 cm³/mol. The summed E-state index contributed by atoms with van der Waals surface area (Å²) in [6.07, 6.45) is 5.78. The Morgan fingerprint density at radius 1 is 1.19 bits per heavy atom. The van der Waals surface area contributed by atoms with Crippen molar-refractivity contribution in [2.24, 2.45) is 5.92 Å². The maximum Gasteiger partial charge on any atom is 0.141 e. The molecule has 3 saturated heterocycles. The summed E-state index contributed by atoms with van der Waals surface area (Å²) in [5, 5.41) is 14.0. The summed E-state index contributed by atoms with van der Waals surface area (Å²) in [4.78, 5) is 6.84. The number of aliphatic hydroxyl groups is 1. The molecular formula is C26H35N3O2. The molecule has 166 valence electrons. The van der Waals surface area contributed by atoms with E-state index in [0.717, 1.165) is 63.2 Å². The van der Waals surface area contributed by atoms with Crippen LogP contribution < -0.4 is 5.32 Å². The van der Waals surface area contributed by atoms with E-state index in [1.807, 2.05) is 43.6 Å². The number of hydrogen-bond acceptors (Lipinski definition) is 5. The normalized spacial score (nSPS) is 24.0. The molecule has 0 aliphatic carbocycles. The van der Waals surface area contributed by atoms with Crippen LogP contribution in [-0.2, 0) is 11.2 Å². The quantitative estimate of drug-likeness (QED) is 0.555. The standard InChI is InChI=1S/C21H22N2O.C5H13NO/c24-21(16-23-13-9-19(21)10-14-23)11-8-18-7-4-12-22-20(18)15-17-5-2-1-3-6-17;1-6-4-3-5-7-2/h1-7,12,19,24H,9-10,13-16H2;6H,3-5H2,1-2H3. The maximum atomic E-state index is 11.0. The van der Waals surface area contributed by atoms with Crippen LogP contribution in [0, 0.1) is 17.8 Å². The number of aromatic nitrogens is 1. The highest BCUT2D eigenvalue weighted by atomic mass is 16.5. The number of piperidine rings is 3. The molecule has 2 N–H and O–H groups in total. The molecule has 5 heteroatoms. The van der Waals surface area contributed by atoms with Crippen molar-refractivity contribution in [3.05, 3.63) is 65.5 Å². The summed E-state index contributed by atoms with van der Waals surface area (Å²) in [6, 6.07) is 14.2. The topological polar surface area (TPSA) is 57.6 Å². The van der Waals surface area contributed by atoms with Crippen molar-refractivity contribution in [1.82, 2.24) is 15.2 Å². The molecule has 3 aliphatic heterocycles. The Labute approximate surface area is 186 Å². The summed E-state index contributed by atoms with van der Waals surface area (Å²) in [6.45, 7) is 4.79. The Morgan fingerprint density at radius 3 is 2.61 bits per heavy atom. The van der Waals surface area contributed by atoms with Crippen molar-refractivity contribution in [2.45, 2.75) is 31.3 Å². The van der Waals surface area contributed by atoms with E-state index in [2.05, 4.69) is 39.2 Å². The van der Waals surface area contributed by atoms with Gasteiger partial charge in [-0.1, -0.05) is 42.2 Å². The van der Waals surface area contributed by atoms with Gasteiger partial charge in [-0.2, -0.15) is 0 Å². The zero-order valence-electron chi connectivity index (χ0n) is 18.8. The molecule has 2 bridgehead atoms. The maximum absolute atomic E-state index is 11.0. The molecule has 1 atom stereocenters. The van der Waals surface area contributed by atoms with Gasteiger partial charge in [0.25, 0.3) is 0 Å². The SMILES string of the molecule is CNCCCOC.OC1(C#Cc2cccnc2Cc2ccccc2)CN2CCC1CC2. The van der Waals surface area contributed by atoms with E-state index >= 15 is 0 Å². The average Bonchev–Trinajstić information content (AvgIpc) is 2.81. The van der Waals surface area contributed by atoms with Gasteiger partial charge in [0.15, 0.2) is 0 Å². The van der Waals surface area contributed by atoms with E-state index in [1.54, 1.807) is 7.11 Å². The van der Waals surface area contributed by atoms with Crippen LogP contribution in [0.4, 0.5) is 0 Å². The van der Waals surface area contributed by atoms with E-state index < -0.39 is 5.60 Å². The lowest BCUT2D eigenvalue weighted by molar-refractivity contribution is -0.0713. The largest absolute Gasteiger partial charge is 0.385 e. The van der Waals surface area contributed by atoms with Gasteiger partial charge in [-0.3, -0.25) is 9.88 Å². The third-order valence-corrected chi connectivity index (χ3v) is 6.02. The van der Waals surface area contributed by atoms with Crippen LogP contribution in [0.3, 0.4) is 0 Å². The third-order valence-electron chi connectivity index (χ3n) is 6.02. The fourth-order valence-corrected chi connectivity index (χ4v) is 4.23. The Hall–Kier alpha value is -2.23. The van der Waals surface area contributed by atoms with Crippen LogP contribution in [0.15, 0.2) is 48.7 Å². The van der Waals surface area contributed by atoms with E-state index in [-0.39, 0.29) is 0 Å². The van der Waals surface area contributed by atoms with E-state index in [0.29, 0.717) is 12.5 Å². The molecule has 3 aliphatic rings. The first-order chi connectivity index (χ1) is 15.1. The van der Waals surface area contributed by atoms with Gasteiger partial charge in [0.1, 0.15) is 5.60 Å². The minimum Gasteiger partial charge on any atom is -0.385 e. The van der Waals surface area contributed by atoms with Gasteiger partial charge in [0.05, 0.1) is 5.69 Å². The molecule has 1 aromatic carbocycles. The number of pyridine rings is 1. The fraction of sp³-hybridized carbons (Fsp3) is 0.500. The van der Waals surface area contributed by atoms with Gasteiger partial charge >= 0.3 is 0 Å². The summed E-state index contributed by atoms with van der Waals surface area (Å²) in [5.41, 5.74) is 2.25. The molecule has 0 saturated carbocycles. The van der Waals surface area contributed by atoms with E-state index in [1.165, 1.54) is 5.56 Å². The van der Waals surface area contributed by atoms with Gasteiger partial charge in [-0.05, 0) is 63.6 Å². The third kappa shape index (κ3) is 6.88. The number of rotatable bonds is 6. The van der Waals surface area contributed by atoms with Crippen molar-refractivity contribution in [2.75, 3.05) is 46.9 Å². The molecule has 2 aromatic rings. The van der Waals surface area contributed by atoms with Crippen LogP contribution in [0.25, 0.3) is 0 Å². The summed E-state index contributed by atoms with van der Waals surface area (Å²) >= 11 is 0. The van der Waals surface area contributed by atoms with Gasteiger partial charge in [-0.25, -0.2) is 0 Å². The molecule has 1 aromatic heterocycles. The Bertz CT molecular complexity index is 850. The molecule has 3 fully saturated rings. The van der Waals surface area contributed by atoms with Gasteiger partial charge in [-0.15, -0.1) is 0 Å². The van der Waals surface area contributed by atoms with Crippen molar-refractivity contribution < 1.29 is 9.84 Å². The van der Waals surface area contributed by atoms with Crippen LogP contribution >= 0.6 is 0 Å². The molecule has 0 amide bonds. The highest BCUT2D eigenvalue weighted by molar-refractivity contribution is 5.42. The van der Waals surface area contributed by atoms with Gasteiger partial charge in [0.2, 0.25) is 0 Å². The van der Waals surface area contributed by atoms with Crippen LogP contribution in [0.1, 0.15) is 36.1 Å². The molecule has 0 radical (unpaired) electrons. The van der Waals surface area contributed by atoms with Crippen molar-refractivity contribution in [3.8, 4) is 11.8 Å². The molecule has 5 rings (SSSR count). The number of nitrogens with one attached hydrogen (secondary N) is 1. The second-order valence-electron chi connectivity index (χ2n) is 8.33. The molecule has 31 heavy (non-hydrogen) atoms. The average molecular weight is 422 g/mol.